The molecule has 2 heterocycles. The molecule has 1 atom stereocenters. The molecule has 1 saturated heterocycles. The maximum absolute atomic E-state index is 13.0. The first kappa shape index (κ1) is 21.6. The van der Waals surface area contributed by atoms with Crippen LogP contribution < -0.4 is 10.2 Å². The average molecular weight is 468 g/mol. The molecular weight excluding hydrogens is 442 g/mol. The van der Waals surface area contributed by atoms with Gasteiger partial charge in [0.2, 0.25) is 6.10 Å². The summed E-state index contributed by atoms with van der Waals surface area (Å²) in [5.74, 6) is -0.601. The highest BCUT2D eigenvalue weighted by Crippen LogP contribution is 2.35. The van der Waals surface area contributed by atoms with E-state index >= 15 is 0 Å². The summed E-state index contributed by atoms with van der Waals surface area (Å²) in [6, 6.07) is 13.4. The van der Waals surface area contributed by atoms with Gasteiger partial charge in [-0.15, -0.1) is 4.40 Å². The molecule has 1 unspecified atom stereocenters. The summed E-state index contributed by atoms with van der Waals surface area (Å²) in [4.78, 5) is 27.7. The third-order valence-corrected chi connectivity index (χ3v) is 7.41. The Bertz CT molecular complexity index is 1220. The van der Waals surface area contributed by atoms with Crippen LogP contribution in [-0.4, -0.2) is 38.7 Å². The number of nitrogens with one attached hydrogen (secondary N) is 1. The zero-order valence-corrected chi connectivity index (χ0v) is 18.9. The number of hydrogen-bond donors (Lipinski definition) is 1. The standard InChI is InChI=1S/C24H25N3O5S/c28-23(25-18-11-12-18)22(16-7-3-1-4-8-16)32-24(29)17-10-13-19-20(15-17)33(30,31)26-21-9-5-2-6-14-27(19)21/h1,3-4,7-8,10,13,15,18,22H,2,5-6,9,11-12,14H2,(H,25,28). The van der Waals surface area contributed by atoms with Crippen LogP contribution in [-0.2, 0) is 19.6 Å². The maximum atomic E-state index is 13.0. The molecule has 8 nitrogen and oxygen atoms in total. The maximum Gasteiger partial charge on any atom is 0.339 e. The predicted molar refractivity (Wildman–Crippen MR) is 123 cm³/mol. The van der Waals surface area contributed by atoms with Crippen LogP contribution in [0.3, 0.4) is 0 Å². The smallest absolute Gasteiger partial charge is 0.339 e. The van der Waals surface area contributed by atoms with E-state index in [0.717, 1.165) is 32.1 Å². The van der Waals surface area contributed by atoms with E-state index in [9.17, 15) is 18.0 Å². The molecule has 5 rings (SSSR count). The van der Waals surface area contributed by atoms with E-state index in [1.165, 1.54) is 6.07 Å². The van der Waals surface area contributed by atoms with E-state index in [0.29, 0.717) is 30.1 Å². The zero-order valence-electron chi connectivity index (χ0n) is 18.1. The lowest BCUT2D eigenvalue weighted by atomic mass is 10.1. The molecule has 1 saturated carbocycles. The summed E-state index contributed by atoms with van der Waals surface area (Å²) in [7, 11) is -3.93. The number of benzene rings is 2. The first-order valence-electron chi connectivity index (χ1n) is 11.2. The number of carbonyl (C=O) groups excluding carboxylic acids is 2. The Hall–Kier alpha value is -3.20. The van der Waals surface area contributed by atoms with Crippen molar-refractivity contribution in [1.82, 2.24) is 5.32 Å². The number of amides is 1. The van der Waals surface area contributed by atoms with Gasteiger partial charge in [-0.05, 0) is 43.9 Å². The van der Waals surface area contributed by atoms with Crippen molar-refractivity contribution in [3.8, 4) is 0 Å². The van der Waals surface area contributed by atoms with Gasteiger partial charge in [0, 0.05) is 24.6 Å². The molecule has 0 bridgehead atoms. The van der Waals surface area contributed by atoms with Crippen molar-refractivity contribution in [2.45, 2.75) is 55.6 Å². The SMILES string of the molecule is O=C(OC(C(=O)NC1CC1)c1ccccc1)c1ccc2c(c1)S(=O)(=O)N=C1CCCCCN12. The summed E-state index contributed by atoms with van der Waals surface area (Å²) in [5.41, 5.74) is 1.14. The van der Waals surface area contributed by atoms with Gasteiger partial charge in [-0.1, -0.05) is 36.8 Å². The van der Waals surface area contributed by atoms with Gasteiger partial charge in [-0.25, -0.2) is 4.79 Å². The van der Waals surface area contributed by atoms with Crippen LogP contribution in [0.2, 0.25) is 0 Å². The van der Waals surface area contributed by atoms with Crippen LogP contribution in [0, 0.1) is 0 Å². The summed E-state index contributed by atoms with van der Waals surface area (Å²) < 4.78 is 35.3. The number of hydrogen-bond acceptors (Lipinski definition) is 6. The van der Waals surface area contributed by atoms with E-state index in [1.54, 1.807) is 36.4 Å². The Morgan fingerprint density at radius 2 is 1.85 bits per heavy atom. The minimum absolute atomic E-state index is 0.0127. The van der Waals surface area contributed by atoms with Crippen molar-refractivity contribution in [3.05, 3.63) is 59.7 Å². The number of carbonyl (C=O) groups is 2. The van der Waals surface area contributed by atoms with Crippen LogP contribution in [0.25, 0.3) is 0 Å². The summed E-state index contributed by atoms with van der Waals surface area (Å²) in [5, 5.41) is 2.87. The Kier molecular flexibility index (Phi) is 5.65. The number of sulfonamides is 1. The van der Waals surface area contributed by atoms with Crippen molar-refractivity contribution in [2.24, 2.45) is 4.40 Å². The van der Waals surface area contributed by atoms with Gasteiger partial charge in [0.05, 0.1) is 11.3 Å². The number of rotatable bonds is 5. The van der Waals surface area contributed by atoms with Gasteiger partial charge in [-0.2, -0.15) is 8.42 Å². The lowest BCUT2D eigenvalue weighted by molar-refractivity contribution is -0.130. The van der Waals surface area contributed by atoms with Gasteiger partial charge < -0.3 is 15.0 Å². The lowest BCUT2D eigenvalue weighted by Gasteiger charge is -2.29. The molecule has 9 heteroatoms. The van der Waals surface area contributed by atoms with E-state index < -0.39 is 22.1 Å². The molecule has 2 fully saturated rings. The second-order valence-corrected chi connectivity index (χ2v) is 10.2. The number of ether oxygens (including phenoxy) is 1. The van der Waals surface area contributed by atoms with E-state index in [-0.39, 0.29) is 22.4 Å². The Morgan fingerprint density at radius 1 is 1.06 bits per heavy atom. The van der Waals surface area contributed by atoms with Crippen LogP contribution in [0.1, 0.15) is 60.6 Å². The summed E-state index contributed by atoms with van der Waals surface area (Å²) >= 11 is 0. The van der Waals surface area contributed by atoms with Crippen LogP contribution in [0.4, 0.5) is 5.69 Å². The fraction of sp³-hybridized carbons (Fsp3) is 0.375. The molecule has 2 aromatic carbocycles. The minimum Gasteiger partial charge on any atom is -0.444 e. The van der Waals surface area contributed by atoms with Crippen LogP contribution in [0.15, 0.2) is 57.8 Å². The highest BCUT2D eigenvalue weighted by atomic mass is 32.2. The van der Waals surface area contributed by atoms with Gasteiger partial charge in [0.1, 0.15) is 10.7 Å². The third kappa shape index (κ3) is 4.50. The molecular formula is C24H25N3O5S. The second-order valence-electron chi connectivity index (χ2n) is 8.61. The molecule has 1 amide bonds. The topological polar surface area (TPSA) is 105 Å². The highest BCUT2D eigenvalue weighted by molar-refractivity contribution is 7.90. The fourth-order valence-electron chi connectivity index (χ4n) is 4.19. The molecule has 3 aliphatic rings. The second kappa shape index (κ2) is 8.62. The summed E-state index contributed by atoms with van der Waals surface area (Å²) in [6.45, 7) is 0.683. The molecule has 0 aromatic heterocycles. The molecule has 2 aliphatic heterocycles. The van der Waals surface area contributed by atoms with Gasteiger partial charge in [0.25, 0.3) is 15.9 Å². The van der Waals surface area contributed by atoms with Crippen molar-refractivity contribution < 1.29 is 22.7 Å². The summed E-state index contributed by atoms with van der Waals surface area (Å²) in [6.07, 6.45) is 4.15. The monoisotopic (exact) mass is 467 g/mol. The Morgan fingerprint density at radius 3 is 2.61 bits per heavy atom. The molecule has 2 aromatic rings. The van der Waals surface area contributed by atoms with Crippen molar-refractivity contribution in [2.75, 3.05) is 11.4 Å². The largest absolute Gasteiger partial charge is 0.444 e. The van der Waals surface area contributed by atoms with Gasteiger partial charge in [0.15, 0.2) is 0 Å². The van der Waals surface area contributed by atoms with Crippen LogP contribution >= 0.6 is 0 Å². The number of fused-ring (bicyclic) bond motifs is 3. The average Bonchev–Trinajstić information content (AvgIpc) is 3.64. The number of amidine groups is 1. The number of anilines is 1. The molecule has 33 heavy (non-hydrogen) atoms. The lowest BCUT2D eigenvalue weighted by Crippen LogP contribution is -2.35. The number of nitrogens with zero attached hydrogens (tertiary/aromatic N) is 2. The van der Waals surface area contributed by atoms with Gasteiger partial charge in [-0.3, -0.25) is 4.79 Å². The Balaban J connectivity index is 1.44. The van der Waals surface area contributed by atoms with Crippen molar-refractivity contribution in [3.63, 3.8) is 0 Å². The van der Waals surface area contributed by atoms with E-state index in [2.05, 4.69) is 9.71 Å². The molecule has 0 spiro atoms. The minimum atomic E-state index is -3.93. The Labute approximate surface area is 192 Å². The first-order valence-corrected chi connectivity index (χ1v) is 12.7. The van der Waals surface area contributed by atoms with Gasteiger partial charge >= 0.3 is 5.97 Å². The first-order chi connectivity index (χ1) is 15.9. The highest BCUT2D eigenvalue weighted by Gasteiger charge is 2.34. The molecule has 172 valence electrons. The fourth-order valence-corrected chi connectivity index (χ4v) is 5.47. The molecule has 0 radical (unpaired) electrons. The predicted octanol–water partition coefficient (Wildman–Crippen LogP) is 3.34. The normalized spacial score (nSPS) is 19.9. The zero-order chi connectivity index (χ0) is 23.0. The van der Waals surface area contributed by atoms with Crippen molar-refractivity contribution >= 4 is 33.4 Å². The third-order valence-electron chi connectivity index (χ3n) is 6.07. The molecule has 1 N–H and O–H groups in total. The number of esters is 1. The van der Waals surface area contributed by atoms with E-state index in [4.69, 9.17) is 4.74 Å². The molecule has 1 aliphatic carbocycles. The van der Waals surface area contributed by atoms with E-state index in [1.807, 2.05) is 11.0 Å². The quantitative estimate of drug-likeness (QED) is 0.676. The van der Waals surface area contributed by atoms with Crippen LogP contribution in [0.5, 0.6) is 0 Å². The van der Waals surface area contributed by atoms with Crippen molar-refractivity contribution in [1.29, 1.82) is 0 Å².